The van der Waals surface area contributed by atoms with E-state index in [2.05, 4.69) is 10.1 Å². The highest BCUT2D eigenvalue weighted by molar-refractivity contribution is 5.85. The number of aliphatic hydroxyl groups excluding tert-OH is 1. The largest absolute Gasteiger partial charge is 0.490 e. The van der Waals surface area contributed by atoms with Gasteiger partial charge in [0.15, 0.2) is 0 Å². The zero-order chi connectivity index (χ0) is 15.5. The third kappa shape index (κ3) is 2.91. The number of H-pyrrole nitrogens is 1. The van der Waals surface area contributed by atoms with Crippen molar-refractivity contribution in [1.82, 2.24) is 14.8 Å². The average Bonchev–Trinajstić information content (AvgIpc) is 3.13. The number of rotatable bonds is 6. The third-order valence-electron chi connectivity index (χ3n) is 3.20. The Morgan fingerprint density at radius 3 is 3.05 bits per heavy atom. The van der Waals surface area contributed by atoms with E-state index in [-0.39, 0.29) is 19.0 Å². The van der Waals surface area contributed by atoms with Crippen molar-refractivity contribution in [2.24, 2.45) is 0 Å². The van der Waals surface area contributed by atoms with Crippen molar-refractivity contribution in [3.63, 3.8) is 0 Å². The third-order valence-corrected chi connectivity index (χ3v) is 3.20. The molecule has 2 N–H and O–H groups in total. The van der Waals surface area contributed by atoms with Crippen LogP contribution in [0.2, 0.25) is 0 Å². The summed E-state index contributed by atoms with van der Waals surface area (Å²) in [5.41, 5.74) is 0.953. The lowest BCUT2D eigenvalue weighted by molar-refractivity contribution is -0.389. The molecule has 0 aliphatic heterocycles. The van der Waals surface area contributed by atoms with E-state index < -0.39 is 11.0 Å². The molecule has 0 amide bonds. The lowest BCUT2D eigenvalue weighted by Gasteiger charge is -2.11. The molecule has 0 aliphatic rings. The van der Waals surface area contributed by atoms with Gasteiger partial charge in [-0.15, -0.1) is 0 Å². The van der Waals surface area contributed by atoms with Gasteiger partial charge in [0.2, 0.25) is 0 Å². The predicted octanol–water partition coefficient (Wildman–Crippen LogP) is 1.71. The van der Waals surface area contributed by atoms with E-state index in [9.17, 15) is 15.2 Å². The summed E-state index contributed by atoms with van der Waals surface area (Å²) < 4.78 is 6.94. The lowest BCUT2D eigenvalue weighted by atomic mass is 10.2. The van der Waals surface area contributed by atoms with E-state index in [4.69, 9.17) is 4.74 Å². The summed E-state index contributed by atoms with van der Waals surface area (Å²) in [5, 5.41) is 25.2. The van der Waals surface area contributed by atoms with Gasteiger partial charge in [-0.2, -0.15) is 4.68 Å². The van der Waals surface area contributed by atoms with E-state index in [0.29, 0.717) is 5.75 Å². The number of aromatic nitrogens is 3. The summed E-state index contributed by atoms with van der Waals surface area (Å²) in [6.45, 7) is 0.189. The second-order valence-electron chi connectivity index (χ2n) is 4.81. The molecule has 3 rings (SSSR count). The van der Waals surface area contributed by atoms with Crippen molar-refractivity contribution >= 4 is 16.7 Å². The number of hydrogen-bond acceptors (Lipinski definition) is 5. The maximum Gasteiger partial charge on any atom is 0.389 e. The molecule has 2 aromatic heterocycles. The normalized spacial score (nSPS) is 12.4. The predicted molar refractivity (Wildman–Crippen MR) is 78.7 cm³/mol. The quantitative estimate of drug-likeness (QED) is 0.532. The first-order valence-electron chi connectivity index (χ1n) is 6.68. The summed E-state index contributed by atoms with van der Waals surface area (Å²) in [4.78, 5) is 13.1. The first-order chi connectivity index (χ1) is 10.6. The lowest BCUT2D eigenvalue weighted by Crippen LogP contribution is -2.24. The second-order valence-corrected chi connectivity index (χ2v) is 4.81. The van der Waals surface area contributed by atoms with Crippen molar-refractivity contribution in [2.45, 2.75) is 12.6 Å². The Hall–Kier alpha value is -2.87. The molecular formula is C14H14N4O4. The SMILES string of the molecule is O=[N+]([O-])c1ccn(C[C@H](O)COc2cccc3[nH]ccc23)n1. The number of ether oxygens (including phenoxy) is 1. The van der Waals surface area contributed by atoms with Crippen LogP contribution >= 0.6 is 0 Å². The molecule has 8 heteroatoms. The summed E-state index contributed by atoms with van der Waals surface area (Å²) >= 11 is 0. The molecule has 22 heavy (non-hydrogen) atoms. The molecule has 1 aromatic carbocycles. The first kappa shape index (κ1) is 14.1. The number of aromatic amines is 1. The molecule has 8 nitrogen and oxygen atoms in total. The van der Waals surface area contributed by atoms with E-state index in [1.807, 2.05) is 30.5 Å². The molecule has 0 saturated carbocycles. The maximum absolute atomic E-state index is 10.5. The van der Waals surface area contributed by atoms with Crippen LogP contribution in [0.5, 0.6) is 5.75 Å². The molecule has 2 heterocycles. The Morgan fingerprint density at radius 2 is 2.27 bits per heavy atom. The smallest absolute Gasteiger partial charge is 0.389 e. The van der Waals surface area contributed by atoms with Gasteiger partial charge in [0.05, 0.1) is 23.9 Å². The highest BCUT2D eigenvalue weighted by atomic mass is 16.6. The Kier molecular flexibility index (Phi) is 3.75. The van der Waals surface area contributed by atoms with E-state index in [0.717, 1.165) is 10.9 Å². The Balaban J connectivity index is 1.61. The Bertz CT molecular complexity index is 795. The minimum absolute atomic E-state index is 0.0674. The van der Waals surface area contributed by atoms with Crippen LogP contribution in [0.3, 0.4) is 0 Å². The Labute approximate surface area is 125 Å². The van der Waals surface area contributed by atoms with Crippen LogP contribution in [0.1, 0.15) is 0 Å². The fraction of sp³-hybridized carbons (Fsp3) is 0.214. The number of nitrogens with zero attached hydrogens (tertiary/aromatic N) is 3. The summed E-state index contributed by atoms with van der Waals surface area (Å²) in [5.74, 6) is 0.425. The standard InChI is InChI=1S/C14H14N4O4/c19-10(8-17-7-5-14(16-17)18(20)21)9-22-13-3-1-2-12-11(13)4-6-15-12/h1-7,10,15,19H,8-9H2/t10-/m0/s1. The number of aliphatic hydroxyl groups is 1. The molecule has 0 saturated heterocycles. The van der Waals surface area contributed by atoms with Gasteiger partial charge in [-0.25, -0.2) is 0 Å². The minimum atomic E-state index is -0.825. The van der Waals surface area contributed by atoms with Crippen LogP contribution in [0.25, 0.3) is 10.9 Å². The number of nitrogens with one attached hydrogen (secondary N) is 1. The van der Waals surface area contributed by atoms with Crippen LogP contribution in [-0.2, 0) is 6.54 Å². The van der Waals surface area contributed by atoms with E-state index in [1.165, 1.54) is 16.9 Å². The van der Waals surface area contributed by atoms with Crippen LogP contribution in [-0.4, -0.2) is 37.5 Å². The molecule has 0 unspecified atom stereocenters. The maximum atomic E-state index is 10.5. The second kappa shape index (κ2) is 5.86. The summed E-state index contributed by atoms with van der Waals surface area (Å²) in [6.07, 6.45) is 2.44. The molecule has 3 aromatic rings. The van der Waals surface area contributed by atoms with Crippen LogP contribution in [0, 0.1) is 10.1 Å². The van der Waals surface area contributed by atoms with Gasteiger partial charge in [-0.3, -0.25) is 0 Å². The first-order valence-corrected chi connectivity index (χ1v) is 6.68. The highest BCUT2D eigenvalue weighted by Gasteiger charge is 2.15. The molecule has 114 valence electrons. The number of benzene rings is 1. The highest BCUT2D eigenvalue weighted by Crippen LogP contribution is 2.24. The van der Waals surface area contributed by atoms with Gasteiger partial charge in [-0.1, -0.05) is 6.07 Å². The number of hydrogen-bond donors (Lipinski definition) is 2. The van der Waals surface area contributed by atoms with Gasteiger partial charge >= 0.3 is 5.82 Å². The van der Waals surface area contributed by atoms with Gasteiger partial charge in [0.1, 0.15) is 18.5 Å². The van der Waals surface area contributed by atoms with Crippen molar-refractivity contribution in [3.8, 4) is 5.75 Å². The average molecular weight is 302 g/mol. The van der Waals surface area contributed by atoms with E-state index in [1.54, 1.807) is 0 Å². The number of fused-ring (bicyclic) bond motifs is 1. The van der Waals surface area contributed by atoms with Crippen molar-refractivity contribution < 1.29 is 14.8 Å². The van der Waals surface area contributed by atoms with E-state index >= 15 is 0 Å². The minimum Gasteiger partial charge on any atom is -0.490 e. The van der Waals surface area contributed by atoms with Gasteiger partial charge in [-0.05, 0) is 23.1 Å². The molecule has 0 radical (unpaired) electrons. The molecule has 0 aliphatic carbocycles. The Morgan fingerprint density at radius 1 is 1.41 bits per heavy atom. The van der Waals surface area contributed by atoms with Crippen LogP contribution < -0.4 is 4.74 Å². The molecule has 1 atom stereocenters. The molecule has 0 bridgehead atoms. The van der Waals surface area contributed by atoms with Crippen LogP contribution in [0.4, 0.5) is 5.82 Å². The van der Waals surface area contributed by atoms with Crippen LogP contribution in [0.15, 0.2) is 42.7 Å². The molecule has 0 fully saturated rings. The van der Waals surface area contributed by atoms with Crippen molar-refractivity contribution in [2.75, 3.05) is 6.61 Å². The van der Waals surface area contributed by atoms with Crippen molar-refractivity contribution in [3.05, 3.63) is 52.8 Å². The van der Waals surface area contributed by atoms with Gasteiger partial charge in [0.25, 0.3) is 0 Å². The summed E-state index contributed by atoms with van der Waals surface area (Å²) in [7, 11) is 0. The monoisotopic (exact) mass is 302 g/mol. The fourth-order valence-corrected chi connectivity index (χ4v) is 2.19. The zero-order valence-corrected chi connectivity index (χ0v) is 11.5. The fourth-order valence-electron chi connectivity index (χ4n) is 2.19. The topological polar surface area (TPSA) is 106 Å². The zero-order valence-electron chi connectivity index (χ0n) is 11.5. The van der Waals surface area contributed by atoms with Gasteiger partial charge < -0.3 is 24.9 Å². The molecule has 0 spiro atoms. The summed E-state index contributed by atoms with van der Waals surface area (Å²) in [6, 6.07) is 8.79. The van der Waals surface area contributed by atoms with Gasteiger partial charge in [0, 0.05) is 17.1 Å². The van der Waals surface area contributed by atoms with Crippen molar-refractivity contribution in [1.29, 1.82) is 0 Å². The molecular weight excluding hydrogens is 288 g/mol. The number of nitro groups is 1.